The number of alkyl halides is 3. The summed E-state index contributed by atoms with van der Waals surface area (Å²) in [6.07, 6.45) is -2.24. The molecule has 2 aromatic rings. The largest absolute Gasteiger partial charge is 0.440 e. The zero-order valence-corrected chi connectivity index (χ0v) is 10.8. The molecule has 0 amide bonds. The number of hydrogen-bond donors (Lipinski definition) is 1. The SMILES string of the molecule is Nc1cccc2oc(C3CCCCC3C(F)(F)F)nc12. The number of fused-ring (bicyclic) bond motifs is 1. The van der Waals surface area contributed by atoms with Gasteiger partial charge in [-0.15, -0.1) is 0 Å². The Morgan fingerprint density at radius 3 is 2.65 bits per heavy atom. The minimum Gasteiger partial charge on any atom is -0.440 e. The van der Waals surface area contributed by atoms with Crippen molar-refractivity contribution in [3.63, 3.8) is 0 Å². The molecule has 20 heavy (non-hydrogen) atoms. The van der Waals surface area contributed by atoms with E-state index in [1.165, 1.54) is 0 Å². The lowest BCUT2D eigenvalue weighted by Crippen LogP contribution is -2.31. The van der Waals surface area contributed by atoms with Gasteiger partial charge >= 0.3 is 6.18 Å². The molecule has 1 fully saturated rings. The van der Waals surface area contributed by atoms with Gasteiger partial charge in [-0.1, -0.05) is 18.9 Å². The zero-order valence-electron chi connectivity index (χ0n) is 10.8. The highest BCUT2D eigenvalue weighted by atomic mass is 19.4. The number of aromatic nitrogens is 1. The van der Waals surface area contributed by atoms with Gasteiger partial charge in [-0.05, 0) is 25.0 Å². The summed E-state index contributed by atoms with van der Waals surface area (Å²) in [5.74, 6) is -1.90. The van der Waals surface area contributed by atoms with Crippen LogP contribution < -0.4 is 5.73 Å². The fraction of sp³-hybridized carbons (Fsp3) is 0.500. The van der Waals surface area contributed by atoms with E-state index < -0.39 is 18.0 Å². The van der Waals surface area contributed by atoms with Gasteiger partial charge in [-0.2, -0.15) is 13.2 Å². The van der Waals surface area contributed by atoms with Gasteiger partial charge in [0.1, 0.15) is 5.52 Å². The van der Waals surface area contributed by atoms with Crippen molar-refractivity contribution in [2.24, 2.45) is 5.92 Å². The van der Waals surface area contributed by atoms with Gasteiger partial charge in [-0.25, -0.2) is 4.98 Å². The van der Waals surface area contributed by atoms with Crippen LogP contribution >= 0.6 is 0 Å². The molecule has 0 saturated heterocycles. The molecule has 2 unspecified atom stereocenters. The van der Waals surface area contributed by atoms with Gasteiger partial charge in [0.15, 0.2) is 11.5 Å². The van der Waals surface area contributed by atoms with Crippen LogP contribution in [0.25, 0.3) is 11.1 Å². The van der Waals surface area contributed by atoms with Crippen molar-refractivity contribution in [3.8, 4) is 0 Å². The van der Waals surface area contributed by atoms with E-state index in [4.69, 9.17) is 10.2 Å². The van der Waals surface area contributed by atoms with Crippen molar-refractivity contribution in [1.82, 2.24) is 4.98 Å². The number of rotatable bonds is 1. The predicted octanol–water partition coefficient (Wildman–Crippen LogP) is 4.25. The molecular weight excluding hydrogens is 269 g/mol. The van der Waals surface area contributed by atoms with Gasteiger partial charge in [-0.3, -0.25) is 0 Å². The number of nitrogens with zero attached hydrogens (tertiary/aromatic N) is 1. The number of oxazole rings is 1. The first-order valence-electron chi connectivity index (χ1n) is 6.68. The molecule has 3 rings (SSSR count). The summed E-state index contributed by atoms with van der Waals surface area (Å²) in [4.78, 5) is 4.21. The first-order valence-corrected chi connectivity index (χ1v) is 6.68. The fourth-order valence-corrected chi connectivity index (χ4v) is 2.96. The van der Waals surface area contributed by atoms with E-state index >= 15 is 0 Å². The molecule has 0 aliphatic heterocycles. The number of benzene rings is 1. The molecule has 1 aromatic heterocycles. The lowest BCUT2D eigenvalue weighted by molar-refractivity contribution is -0.188. The average molecular weight is 284 g/mol. The third kappa shape index (κ3) is 2.23. The highest BCUT2D eigenvalue weighted by molar-refractivity contribution is 5.85. The second-order valence-corrected chi connectivity index (χ2v) is 5.29. The number of halogens is 3. The summed E-state index contributed by atoms with van der Waals surface area (Å²) in [5, 5.41) is 0. The molecule has 2 atom stereocenters. The van der Waals surface area contributed by atoms with E-state index in [0.29, 0.717) is 29.6 Å². The van der Waals surface area contributed by atoms with Crippen molar-refractivity contribution in [2.75, 3.05) is 5.73 Å². The van der Waals surface area contributed by atoms with Crippen LogP contribution in [0.3, 0.4) is 0 Å². The van der Waals surface area contributed by atoms with E-state index in [9.17, 15) is 13.2 Å². The molecule has 2 N–H and O–H groups in total. The van der Waals surface area contributed by atoms with Gasteiger partial charge in [0.05, 0.1) is 11.6 Å². The molecule has 3 nitrogen and oxygen atoms in total. The summed E-state index contributed by atoms with van der Waals surface area (Å²) >= 11 is 0. The van der Waals surface area contributed by atoms with E-state index in [-0.39, 0.29) is 12.3 Å². The monoisotopic (exact) mass is 284 g/mol. The molecule has 1 aromatic carbocycles. The van der Waals surface area contributed by atoms with Crippen LogP contribution in [-0.4, -0.2) is 11.2 Å². The molecular formula is C14H15F3N2O. The Kier molecular flexibility index (Phi) is 3.11. The van der Waals surface area contributed by atoms with Crippen LogP contribution in [0.4, 0.5) is 18.9 Å². The third-order valence-electron chi connectivity index (χ3n) is 3.97. The second kappa shape index (κ2) is 4.68. The first kappa shape index (κ1) is 13.3. The molecule has 108 valence electrons. The molecule has 6 heteroatoms. The van der Waals surface area contributed by atoms with Crippen LogP contribution in [0.2, 0.25) is 0 Å². The maximum absolute atomic E-state index is 13.1. The number of hydrogen-bond acceptors (Lipinski definition) is 3. The summed E-state index contributed by atoms with van der Waals surface area (Å²) in [6.45, 7) is 0. The van der Waals surface area contributed by atoms with E-state index in [0.717, 1.165) is 6.42 Å². The van der Waals surface area contributed by atoms with Crippen molar-refractivity contribution in [1.29, 1.82) is 0 Å². The zero-order chi connectivity index (χ0) is 14.3. The van der Waals surface area contributed by atoms with Crippen LogP contribution in [0.5, 0.6) is 0 Å². The first-order chi connectivity index (χ1) is 9.47. The Balaban J connectivity index is 2.02. The third-order valence-corrected chi connectivity index (χ3v) is 3.97. The van der Waals surface area contributed by atoms with Crippen molar-refractivity contribution in [3.05, 3.63) is 24.1 Å². The van der Waals surface area contributed by atoms with Gasteiger partial charge in [0.25, 0.3) is 0 Å². The fourth-order valence-electron chi connectivity index (χ4n) is 2.96. The Morgan fingerprint density at radius 2 is 1.95 bits per heavy atom. The van der Waals surface area contributed by atoms with E-state index in [2.05, 4.69) is 4.98 Å². The number of nitrogens with two attached hydrogens (primary N) is 1. The quantitative estimate of drug-likeness (QED) is 0.797. The summed E-state index contributed by atoms with van der Waals surface area (Å²) in [7, 11) is 0. The van der Waals surface area contributed by atoms with Crippen LogP contribution in [0.15, 0.2) is 22.6 Å². The minimum absolute atomic E-state index is 0.141. The Bertz CT molecular complexity index is 620. The van der Waals surface area contributed by atoms with E-state index in [1.807, 2.05) is 0 Å². The van der Waals surface area contributed by atoms with Gasteiger partial charge < -0.3 is 10.2 Å². The summed E-state index contributed by atoms with van der Waals surface area (Å²) < 4.78 is 44.9. The maximum atomic E-state index is 13.1. The lowest BCUT2D eigenvalue weighted by Gasteiger charge is -2.30. The summed E-state index contributed by atoms with van der Waals surface area (Å²) in [5.41, 5.74) is 7.11. The van der Waals surface area contributed by atoms with Crippen molar-refractivity contribution >= 4 is 16.8 Å². The second-order valence-electron chi connectivity index (χ2n) is 5.29. The Hall–Kier alpha value is -1.72. The molecule has 1 aliphatic carbocycles. The van der Waals surface area contributed by atoms with Crippen molar-refractivity contribution < 1.29 is 17.6 Å². The molecule has 1 saturated carbocycles. The number of anilines is 1. The Labute approximate surface area is 114 Å². The van der Waals surface area contributed by atoms with Gasteiger partial charge in [0, 0.05) is 5.92 Å². The normalized spacial score (nSPS) is 24.1. The van der Waals surface area contributed by atoms with E-state index in [1.54, 1.807) is 18.2 Å². The number of nitrogen functional groups attached to an aromatic ring is 1. The van der Waals surface area contributed by atoms with Gasteiger partial charge in [0.2, 0.25) is 0 Å². The number of para-hydroxylation sites is 1. The van der Waals surface area contributed by atoms with Crippen LogP contribution in [0.1, 0.15) is 37.5 Å². The molecule has 1 aliphatic rings. The predicted molar refractivity (Wildman–Crippen MR) is 69.2 cm³/mol. The Morgan fingerprint density at radius 1 is 1.20 bits per heavy atom. The molecule has 0 bridgehead atoms. The van der Waals surface area contributed by atoms with Crippen LogP contribution in [0, 0.1) is 5.92 Å². The molecule has 1 heterocycles. The minimum atomic E-state index is -4.21. The molecule has 0 radical (unpaired) electrons. The molecule has 0 spiro atoms. The topological polar surface area (TPSA) is 52.0 Å². The van der Waals surface area contributed by atoms with Crippen molar-refractivity contribution in [2.45, 2.75) is 37.8 Å². The van der Waals surface area contributed by atoms with Crippen LogP contribution in [-0.2, 0) is 0 Å². The smallest absolute Gasteiger partial charge is 0.392 e. The standard InChI is InChI=1S/C14H15F3N2O/c15-14(16,17)9-5-2-1-4-8(9)13-19-12-10(18)6-3-7-11(12)20-13/h3,6-9H,1-2,4-5,18H2. The lowest BCUT2D eigenvalue weighted by atomic mass is 9.78. The maximum Gasteiger partial charge on any atom is 0.392 e. The highest BCUT2D eigenvalue weighted by Gasteiger charge is 2.47. The average Bonchev–Trinajstić information content (AvgIpc) is 2.83. The summed E-state index contributed by atoms with van der Waals surface area (Å²) in [6, 6.07) is 5.04. The highest BCUT2D eigenvalue weighted by Crippen LogP contribution is 2.46.